The molecule has 0 radical (unpaired) electrons. The number of carbonyl (C=O) groups excluding carboxylic acids is 2. The molecular formula is C13H16BrNO3. The molecule has 0 heterocycles. The van der Waals surface area contributed by atoms with E-state index in [4.69, 9.17) is 0 Å². The molecule has 0 unspecified atom stereocenters. The van der Waals surface area contributed by atoms with Gasteiger partial charge < -0.3 is 10.1 Å². The minimum atomic E-state index is -0.412. The number of unbranched alkanes of at least 4 members (excludes halogenated alkanes) is 1. The van der Waals surface area contributed by atoms with E-state index in [2.05, 4.69) is 26.0 Å². The third kappa shape index (κ3) is 4.87. The van der Waals surface area contributed by atoms with Crippen LogP contribution >= 0.6 is 15.9 Å². The highest BCUT2D eigenvalue weighted by atomic mass is 79.9. The molecule has 0 aliphatic carbocycles. The first-order valence-corrected chi connectivity index (χ1v) is 6.83. The van der Waals surface area contributed by atoms with E-state index in [0.717, 1.165) is 18.2 Å². The lowest BCUT2D eigenvalue weighted by Crippen LogP contribution is -2.12. The zero-order chi connectivity index (χ0) is 13.4. The molecule has 1 amide bonds. The number of hydrogen-bond donors (Lipinski definition) is 1. The molecule has 0 bridgehead atoms. The van der Waals surface area contributed by atoms with Crippen LogP contribution in [0.1, 0.15) is 29.6 Å². The number of benzene rings is 1. The first-order chi connectivity index (χ1) is 8.67. The van der Waals surface area contributed by atoms with Gasteiger partial charge in [-0.05, 0) is 31.0 Å². The van der Waals surface area contributed by atoms with Gasteiger partial charge >= 0.3 is 5.97 Å². The summed E-state index contributed by atoms with van der Waals surface area (Å²) in [4.78, 5) is 22.9. The van der Waals surface area contributed by atoms with Crippen molar-refractivity contribution < 1.29 is 14.3 Å². The van der Waals surface area contributed by atoms with Crippen LogP contribution in [0.15, 0.2) is 24.3 Å². The van der Waals surface area contributed by atoms with Gasteiger partial charge in [-0.2, -0.15) is 0 Å². The maximum atomic E-state index is 11.6. The van der Waals surface area contributed by atoms with Crippen LogP contribution in [0.4, 0.5) is 5.69 Å². The van der Waals surface area contributed by atoms with Crippen molar-refractivity contribution in [3.05, 3.63) is 29.8 Å². The Morgan fingerprint density at radius 1 is 1.33 bits per heavy atom. The summed E-state index contributed by atoms with van der Waals surface area (Å²) in [5.74, 6) is -0.455. The van der Waals surface area contributed by atoms with Crippen molar-refractivity contribution in [1.29, 1.82) is 0 Å². The van der Waals surface area contributed by atoms with Gasteiger partial charge in [-0.15, -0.1) is 0 Å². The summed E-state index contributed by atoms with van der Waals surface area (Å²) in [7, 11) is 1.33. The van der Waals surface area contributed by atoms with Crippen molar-refractivity contribution in [2.24, 2.45) is 0 Å². The molecule has 0 saturated heterocycles. The molecule has 1 aromatic rings. The molecule has 0 atom stereocenters. The lowest BCUT2D eigenvalue weighted by molar-refractivity contribution is -0.116. The van der Waals surface area contributed by atoms with Crippen LogP contribution in [0, 0.1) is 0 Å². The van der Waals surface area contributed by atoms with E-state index in [1.807, 2.05) is 0 Å². The number of hydrogen-bond acceptors (Lipinski definition) is 3. The van der Waals surface area contributed by atoms with Crippen LogP contribution in [-0.2, 0) is 9.53 Å². The first kappa shape index (κ1) is 14.7. The maximum Gasteiger partial charge on any atom is 0.337 e. The van der Waals surface area contributed by atoms with Gasteiger partial charge in [0.2, 0.25) is 5.91 Å². The molecule has 0 saturated carbocycles. The van der Waals surface area contributed by atoms with Crippen LogP contribution in [0.25, 0.3) is 0 Å². The molecule has 4 nitrogen and oxygen atoms in total. The summed E-state index contributed by atoms with van der Waals surface area (Å²) in [5, 5.41) is 3.66. The van der Waals surface area contributed by atoms with Gasteiger partial charge in [-0.25, -0.2) is 4.79 Å². The quantitative estimate of drug-likeness (QED) is 0.499. The van der Waals surface area contributed by atoms with Gasteiger partial charge in [0.25, 0.3) is 0 Å². The van der Waals surface area contributed by atoms with Crippen molar-refractivity contribution in [3.8, 4) is 0 Å². The maximum absolute atomic E-state index is 11.6. The zero-order valence-corrected chi connectivity index (χ0v) is 11.8. The lowest BCUT2D eigenvalue weighted by atomic mass is 10.2. The Kier molecular flexibility index (Phi) is 6.43. The van der Waals surface area contributed by atoms with E-state index in [9.17, 15) is 9.59 Å². The first-order valence-electron chi connectivity index (χ1n) is 5.71. The van der Waals surface area contributed by atoms with E-state index < -0.39 is 5.97 Å². The fraction of sp³-hybridized carbons (Fsp3) is 0.385. The highest BCUT2D eigenvalue weighted by Crippen LogP contribution is 2.12. The van der Waals surface area contributed by atoms with Crippen LogP contribution in [-0.4, -0.2) is 24.3 Å². The molecule has 1 rings (SSSR count). The molecule has 98 valence electrons. The number of nitrogens with one attached hydrogen (secondary N) is 1. The third-order valence-electron chi connectivity index (χ3n) is 2.35. The summed E-state index contributed by atoms with van der Waals surface area (Å²) in [6, 6.07) is 6.70. The van der Waals surface area contributed by atoms with E-state index in [1.54, 1.807) is 24.3 Å². The molecular weight excluding hydrogens is 298 g/mol. The monoisotopic (exact) mass is 313 g/mol. The highest BCUT2D eigenvalue weighted by molar-refractivity contribution is 9.09. The van der Waals surface area contributed by atoms with Crippen molar-refractivity contribution in [1.82, 2.24) is 0 Å². The molecule has 0 spiro atoms. The van der Waals surface area contributed by atoms with Crippen molar-refractivity contribution in [2.45, 2.75) is 19.3 Å². The smallest absolute Gasteiger partial charge is 0.337 e. The number of ether oxygens (including phenoxy) is 1. The standard InChI is InChI=1S/C13H16BrNO3/c1-18-13(17)10-5-4-6-11(9-10)15-12(16)7-2-3-8-14/h4-6,9H,2-3,7-8H2,1H3,(H,15,16). The third-order valence-corrected chi connectivity index (χ3v) is 2.92. The van der Waals surface area contributed by atoms with E-state index in [0.29, 0.717) is 17.7 Å². The number of alkyl halides is 1. The number of carbonyl (C=O) groups is 2. The van der Waals surface area contributed by atoms with E-state index >= 15 is 0 Å². The summed E-state index contributed by atoms with van der Waals surface area (Å²) in [5.41, 5.74) is 1.04. The van der Waals surface area contributed by atoms with Crippen LogP contribution in [0.5, 0.6) is 0 Å². The predicted octanol–water partition coefficient (Wildman–Crippen LogP) is 2.98. The Bertz CT molecular complexity index is 420. The number of amides is 1. The van der Waals surface area contributed by atoms with Crippen molar-refractivity contribution in [2.75, 3.05) is 17.8 Å². The second-order valence-corrected chi connectivity index (χ2v) is 4.56. The van der Waals surface area contributed by atoms with Gasteiger partial charge in [-0.3, -0.25) is 4.79 Å². The summed E-state index contributed by atoms with van der Waals surface area (Å²) in [6.07, 6.45) is 2.29. The number of esters is 1. The van der Waals surface area contributed by atoms with Crippen LogP contribution in [0.3, 0.4) is 0 Å². The van der Waals surface area contributed by atoms with Gasteiger partial charge in [0, 0.05) is 17.4 Å². The summed E-state index contributed by atoms with van der Waals surface area (Å²) in [6.45, 7) is 0. The lowest BCUT2D eigenvalue weighted by Gasteiger charge is -2.06. The number of anilines is 1. The largest absolute Gasteiger partial charge is 0.465 e. The number of halogens is 1. The molecule has 0 aliphatic heterocycles. The van der Waals surface area contributed by atoms with Crippen LogP contribution < -0.4 is 5.32 Å². The van der Waals surface area contributed by atoms with Crippen molar-refractivity contribution >= 4 is 33.5 Å². The van der Waals surface area contributed by atoms with Crippen LogP contribution in [0.2, 0.25) is 0 Å². The Morgan fingerprint density at radius 2 is 2.11 bits per heavy atom. The van der Waals surface area contributed by atoms with E-state index in [-0.39, 0.29) is 5.91 Å². The summed E-state index contributed by atoms with van der Waals surface area (Å²) >= 11 is 3.32. The van der Waals surface area contributed by atoms with Crippen molar-refractivity contribution in [3.63, 3.8) is 0 Å². The second-order valence-electron chi connectivity index (χ2n) is 3.77. The fourth-order valence-corrected chi connectivity index (χ4v) is 1.84. The Balaban J connectivity index is 2.56. The average Bonchev–Trinajstić information content (AvgIpc) is 2.38. The topological polar surface area (TPSA) is 55.4 Å². The fourth-order valence-electron chi connectivity index (χ4n) is 1.45. The summed E-state index contributed by atoms with van der Waals surface area (Å²) < 4.78 is 4.62. The molecule has 0 aliphatic rings. The average molecular weight is 314 g/mol. The van der Waals surface area contributed by atoms with Gasteiger partial charge in [-0.1, -0.05) is 22.0 Å². The Morgan fingerprint density at radius 3 is 2.78 bits per heavy atom. The predicted molar refractivity (Wildman–Crippen MR) is 74.1 cm³/mol. The second kappa shape index (κ2) is 7.87. The normalized spacial score (nSPS) is 9.89. The molecule has 5 heteroatoms. The van der Waals surface area contributed by atoms with Gasteiger partial charge in [0.05, 0.1) is 12.7 Å². The molecule has 0 aromatic heterocycles. The highest BCUT2D eigenvalue weighted by Gasteiger charge is 2.07. The van der Waals surface area contributed by atoms with Gasteiger partial charge in [0.15, 0.2) is 0 Å². The Labute approximate surface area is 115 Å². The number of rotatable bonds is 6. The molecule has 0 fully saturated rings. The van der Waals surface area contributed by atoms with Gasteiger partial charge in [0.1, 0.15) is 0 Å². The van der Waals surface area contributed by atoms with E-state index in [1.165, 1.54) is 7.11 Å². The zero-order valence-electron chi connectivity index (χ0n) is 10.2. The molecule has 18 heavy (non-hydrogen) atoms. The minimum Gasteiger partial charge on any atom is -0.465 e. The minimum absolute atomic E-state index is 0.0436. The SMILES string of the molecule is COC(=O)c1cccc(NC(=O)CCCCBr)c1. The molecule has 1 N–H and O–H groups in total. The number of methoxy groups -OCH3 is 1. The molecule has 1 aromatic carbocycles. The Hall–Kier alpha value is -1.36.